The van der Waals surface area contributed by atoms with Crippen LogP contribution in [-0.4, -0.2) is 38.1 Å². The van der Waals surface area contributed by atoms with Gasteiger partial charge in [0, 0.05) is 0 Å². The molecule has 2 N–H and O–H groups in total. The predicted octanol–water partition coefficient (Wildman–Crippen LogP) is 2.99. The van der Waals surface area contributed by atoms with Gasteiger partial charge in [-0.3, -0.25) is 10.1 Å². The first-order valence-electron chi connectivity index (χ1n) is 7.64. The van der Waals surface area contributed by atoms with E-state index < -0.39 is 20.1 Å². The third-order valence-electron chi connectivity index (χ3n) is 3.19. The highest BCUT2D eigenvalue weighted by Crippen LogP contribution is 2.51. The lowest BCUT2D eigenvalue weighted by molar-refractivity contribution is -0.135. The Morgan fingerprint density at radius 1 is 0.923 bits per heavy atom. The first kappa shape index (κ1) is 19.6. The maximum Gasteiger partial charge on any atom is 0.444 e. The number of carbonyl (C=O) groups is 1. The quantitative estimate of drug-likeness (QED) is 0.606. The number of para-hydroxylation sites is 4. The molecule has 26 heavy (non-hydrogen) atoms. The summed E-state index contributed by atoms with van der Waals surface area (Å²) in [5.41, 5.74) is 0. The van der Waals surface area contributed by atoms with Crippen LogP contribution in [-0.2, 0) is 9.36 Å². The molecule has 0 atom stereocenters. The van der Waals surface area contributed by atoms with Crippen molar-refractivity contribution in [1.82, 2.24) is 5.32 Å². The van der Waals surface area contributed by atoms with E-state index in [-0.39, 0.29) is 17.8 Å². The summed E-state index contributed by atoms with van der Waals surface area (Å²) in [6.07, 6.45) is -0.324. The minimum atomic E-state index is -3.83. The number of methoxy groups -OCH3 is 2. The highest BCUT2D eigenvalue weighted by atomic mass is 31.2. The van der Waals surface area contributed by atoms with Crippen LogP contribution in [0.25, 0.3) is 0 Å². The third kappa shape index (κ3) is 5.40. The van der Waals surface area contributed by atoms with Crippen LogP contribution in [0.4, 0.5) is 0 Å². The molecule has 2 aromatic rings. The number of carboxylic acids is 1. The molecule has 0 heterocycles. The zero-order chi connectivity index (χ0) is 19.0. The van der Waals surface area contributed by atoms with Gasteiger partial charge in [0.2, 0.25) is 0 Å². The fourth-order valence-corrected chi connectivity index (χ4v) is 3.52. The second kappa shape index (κ2) is 9.12. The van der Waals surface area contributed by atoms with Crippen molar-refractivity contribution in [3.63, 3.8) is 0 Å². The molecular formula is C17H20NO7P. The Balaban J connectivity index is 2.29. The molecule has 0 saturated carbocycles. The van der Waals surface area contributed by atoms with Crippen LogP contribution in [0.1, 0.15) is 0 Å². The van der Waals surface area contributed by atoms with Crippen LogP contribution in [0.15, 0.2) is 48.5 Å². The maximum atomic E-state index is 13.3. The van der Waals surface area contributed by atoms with Crippen molar-refractivity contribution in [2.45, 2.75) is 0 Å². The number of carboxylic acid groups (broad SMARTS) is 1. The van der Waals surface area contributed by atoms with E-state index in [9.17, 15) is 9.36 Å². The molecule has 0 fully saturated rings. The molecule has 140 valence electrons. The van der Waals surface area contributed by atoms with Crippen molar-refractivity contribution in [1.29, 1.82) is 0 Å². The van der Waals surface area contributed by atoms with E-state index >= 15 is 0 Å². The average Bonchev–Trinajstić information content (AvgIpc) is 2.62. The van der Waals surface area contributed by atoms with Crippen molar-refractivity contribution in [2.75, 3.05) is 27.1 Å². The Kier molecular flexibility index (Phi) is 6.89. The normalized spacial score (nSPS) is 10.8. The van der Waals surface area contributed by atoms with Gasteiger partial charge in [-0.1, -0.05) is 24.3 Å². The summed E-state index contributed by atoms with van der Waals surface area (Å²) in [4.78, 5) is 10.7. The summed E-state index contributed by atoms with van der Waals surface area (Å²) >= 11 is 0. The molecule has 0 aliphatic rings. The van der Waals surface area contributed by atoms with Crippen molar-refractivity contribution in [2.24, 2.45) is 0 Å². The van der Waals surface area contributed by atoms with Crippen molar-refractivity contribution < 1.29 is 33.0 Å². The van der Waals surface area contributed by atoms with E-state index in [1.54, 1.807) is 48.5 Å². The van der Waals surface area contributed by atoms with Crippen LogP contribution >= 0.6 is 7.60 Å². The molecule has 0 aliphatic carbocycles. The van der Waals surface area contributed by atoms with E-state index in [4.69, 9.17) is 23.6 Å². The van der Waals surface area contributed by atoms with Gasteiger partial charge in [0.1, 0.15) is 6.29 Å². The predicted molar refractivity (Wildman–Crippen MR) is 95.4 cm³/mol. The number of nitrogens with one attached hydrogen (secondary N) is 1. The molecule has 0 radical (unpaired) electrons. The highest BCUT2D eigenvalue weighted by molar-refractivity contribution is 7.54. The molecule has 2 rings (SSSR count). The minimum absolute atomic E-state index is 0.213. The molecule has 0 saturated heterocycles. The second-order valence-electron chi connectivity index (χ2n) is 5.07. The summed E-state index contributed by atoms with van der Waals surface area (Å²) in [6, 6.07) is 13.3. The zero-order valence-electron chi connectivity index (χ0n) is 14.4. The Morgan fingerprint density at radius 3 is 1.73 bits per heavy atom. The molecule has 0 spiro atoms. The fourth-order valence-electron chi connectivity index (χ4n) is 2.07. The first-order valence-corrected chi connectivity index (χ1v) is 9.37. The SMILES string of the molecule is COc1ccccc1OP(=O)(CNCC(=O)O)Oc1ccccc1OC. The monoisotopic (exact) mass is 381 g/mol. The van der Waals surface area contributed by atoms with Crippen LogP contribution in [0.2, 0.25) is 0 Å². The second-order valence-corrected chi connectivity index (χ2v) is 6.98. The standard InChI is InChI=1S/C17H20NO7P/c1-22-13-7-3-5-9-15(13)24-26(21,12-18-11-17(19)20)25-16-10-6-4-8-14(16)23-2/h3-10,18H,11-12H2,1-2H3,(H,19,20). The molecule has 0 aliphatic heterocycles. The number of rotatable bonds is 10. The van der Waals surface area contributed by atoms with Crippen LogP contribution in [0.5, 0.6) is 23.0 Å². The topological polar surface area (TPSA) is 103 Å². The van der Waals surface area contributed by atoms with E-state index in [0.29, 0.717) is 11.5 Å². The number of hydrogen-bond donors (Lipinski definition) is 2. The Morgan fingerprint density at radius 2 is 1.35 bits per heavy atom. The molecule has 0 unspecified atom stereocenters. The molecule has 9 heteroatoms. The molecular weight excluding hydrogens is 361 g/mol. The van der Waals surface area contributed by atoms with E-state index in [1.165, 1.54) is 14.2 Å². The Labute approximate surface area is 151 Å². The maximum absolute atomic E-state index is 13.3. The van der Waals surface area contributed by atoms with E-state index in [2.05, 4.69) is 5.32 Å². The van der Waals surface area contributed by atoms with Crippen molar-refractivity contribution in [3.8, 4) is 23.0 Å². The molecule has 0 amide bonds. The van der Waals surface area contributed by atoms with Gasteiger partial charge in [-0.05, 0) is 24.3 Å². The largest absolute Gasteiger partial charge is 0.493 e. The third-order valence-corrected chi connectivity index (χ3v) is 4.76. The number of aliphatic carboxylic acids is 1. The van der Waals surface area contributed by atoms with Gasteiger partial charge < -0.3 is 23.6 Å². The summed E-state index contributed by atoms with van der Waals surface area (Å²) in [5.74, 6) is 0.0750. The van der Waals surface area contributed by atoms with Gasteiger partial charge in [0.05, 0.1) is 20.8 Å². The van der Waals surface area contributed by atoms with Crippen LogP contribution < -0.4 is 23.8 Å². The van der Waals surface area contributed by atoms with Gasteiger partial charge in [0.15, 0.2) is 23.0 Å². The van der Waals surface area contributed by atoms with Gasteiger partial charge in [-0.25, -0.2) is 4.57 Å². The number of hydrogen-bond acceptors (Lipinski definition) is 7. The number of benzene rings is 2. The molecule has 8 nitrogen and oxygen atoms in total. The molecule has 2 aromatic carbocycles. The van der Waals surface area contributed by atoms with Crippen LogP contribution in [0, 0.1) is 0 Å². The first-order chi connectivity index (χ1) is 12.5. The van der Waals surface area contributed by atoms with Gasteiger partial charge in [-0.15, -0.1) is 0 Å². The summed E-state index contributed by atoms with van der Waals surface area (Å²) in [7, 11) is -0.924. The average molecular weight is 381 g/mol. The Hall–Kier alpha value is -2.70. The van der Waals surface area contributed by atoms with E-state index in [1.807, 2.05) is 0 Å². The summed E-state index contributed by atoms with van der Waals surface area (Å²) < 4.78 is 34.8. The van der Waals surface area contributed by atoms with Gasteiger partial charge in [0.25, 0.3) is 0 Å². The molecule has 0 bridgehead atoms. The van der Waals surface area contributed by atoms with Crippen molar-refractivity contribution in [3.05, 3.63) is 48.5 Å². The lowest BCUT2D eigenvalue weighted by Gasteiger charge is -2.22. The molecule has 0 aromatic heterocycles. The highest BCUT2D eigenvalue weighted by Gasteiger charge is 2.30. The van der Waals surface area contributed by atoms with Gasteiger partial charge in [-0.2, -0.15) is 0 Å². The zero-order valence-corrected chi connectivity index (χ0v) is 15.3. The Bertz CT molecular complexity index is 743. The number of ether oxygens (including phenoxy) is 2. The minimum Gasteiger partial charge on any atom is -0.493 e. The summed E-state index contributed by atoms with van der Waals surface area (Å²) in [6.45, 7) is -0.394. The smallest absolute Gasteiger partial charge is 0.444 e. The lowest BCUT2D eigenvalue weighted by atomic mass is 10.3. The van der Waals surface area contributed by atoms with Gasteiger partial charge >= 0.3 is 13.6 Å². The lowest BCUT2D eigenvalue weighted by Crippen LogP contribution is -2.26. The van der Waals surface area contributed by atoms with Crippen LogP contribution in [0.3, 0.4) is 0 Å². The van der Waals surface area contributed by atoms with Crippen molar-refractivity contribution >= 4 is 13.6 Å². The fraction of sp³-hybridized carbons (Fsp3) is 0.235. The van der Waals surface area contributed by atoms with E-state index in [0.717, 1.165) is 0 Å². The summed E-state index contributed by atoms with van der Waals surface area (Å²) in [5, 5.41) is 11.3.